The van der Waals surface area contributed by atoms with Crippen molar-refractivity contribution in [3.05, 3.63) is 24.0 Å². The Bertz CT molecular complexity index is 348. The average Bonchev–Trinajstić information content (AvgIpc) is 2.05. The second kappa shape index (κ2) is 4.37. The first-order valence-corrected chi connectivity index (χ1v) is 4.94. The van der Waals surface area contributed by atoms with Crippen LogP contribution >= 0.6 is 0 Å². The van der Waals surface area contributed by atoms with E-state index in [-0.39, 0.29) is 16.6 Å². The Balaban J connectivity index is 2.94. The minimum atomic E-state index is -1.61. The standard InChI is InChI=1S/C10H15B2FO2/c1-10(2,3)11-8-5-4-7(12(14)15)6-9(8)13/h4-6,11,14-15H,1-3H3. The highest BCUT2D eigenvalue weighted by Gasteiger charge is 2.18. The molecular formula is C10H15B2FO2. The van der Waals surface area contributed by atoms with Crippen LogP contribution in [-0.4, -0.2) is 24.4 Å². The summed E-state index contributed by atoms with van der Waals surface area (Å²) in [6.45, 7) is 6.09. The highest BCUT2D eigenvalue weighted by molar-refractivity contribution is 6.60. The third-order valence-electron chi connectivity index (χ3n) is 2.10. The summed E-state index contributed by atoms with van der Waals surface area (Å²) in [6.07, 6.45) is 0. The first-order valence-electron chi connectivity index (χ1n) is 4.94. The third-order valence-corrected chi connectivity index (χ3v) is 2.10. The van der Waals surface area contributed by atoms with E-state index in [2.05, 4.69) is 0 Å². The Morgan fingerprint density at radius 2 is 1.87 bits per heavy atom. The first-order chi connectivity index (χ1) is 6.79. The fourth-order valence-electron chi connectivity index (χ4n) is 1.44. The molecule has 0 heterocycles. The zero-order valence-corrected chi connectivity index (χ0v) is 9.29. The van der Waals surface area contributed by atoms with E-state index in [4.69, 9.17) is 10.0 Å². The molecule has 0 spiro atoms. The minimum Gasteiger partial charge on any atom is -0.423 e. The average molecular weight is 208 g/mol. The zero-order valence-electron chi connectivity index (χ0n) is 9.29. The van der Waals surface area contributed by atoms with Gasteiger partial charge >= 0.3 is 7.12 Å². The number of halogens is 1. The van der Waals surface area contributed by atoms with E-state index in [0.717, 1.165) is 0 Å². The maximum atomic E-state index is 13.5. The number of rotatable bonds is 2. The summed E-state index contributed by atoms with van der Waals surface area (Å²) in [6, 6.07) is 4.32. The molecule has 1 rings (SSSR count). The van der Waals surface area contributed by atoms with Gasteiger partial charge in [0.05, 0.1) is 0 Å². The SMILES string of the molecule is CC(C)(C)Bc1ccc(B(O)O)cc1F. The van der Waals surface area contributed by atoms with Crippen LogP contribution in [0.5, 0.6) is 0 Å². The van der Waals surface area contributed by atoms with Gasteiger partial charge in [0.1, 0.15) is 5.82 Å². The lowest BCUT2D eigenvalue weighted by molar-refractivity contribution is 0.425. The molecule has 0 aliphatic carbocycles. The van der Waals surface area contributed by atoms with Crippen molar-refractivity contribution < 1.29 is 14.4 Å². The highest BCUT2D eigenvalue weighted by Crippen LogP contribution is 2.19. The van der Waals surface area contributed by atoms with Gasteiger partial charge in [0.15, 0.2) is 7.28 Å². The van der Waals surface area contributed by atoms with Crippen LogP contribution in [0.3, 0.4) is 0 Å². The Morgan fingerprint density at radius 1 is 1.27 bits per heavy atom. The third kappa shape index (κ3) is 3.68. The van der Waals surface area contributed by atoms with E-state index in [9.17, 15) is 4.39 Å². The lowest BCUT2D eigenvalue weighted by atomic mass is 9.51. The van der Waals surface area contributed by atoms with Crippen molar-refractivity contribution in [3.8, 4) is 0 Å². The molecule has 2 N–H and O–H groups in total. The molecule has 2 nitrogen and oxygen atoms in total. The molecule has 0 radical (unpaired) electrons. The predicted octanol–water partition coefficient (Wildman–Crippen LogP) is -0.214. The molecule has 0 aliphatic heterocycles. The quantitative estimate of drug-likeness (QED) is 0.659. The largest absolute Gasteiger partial charge is 0.488 e. The molecule has 5 heteroatoms. The first kappa shape index (κ1) is 12.3. The van der Waals surface area contributed by atoms with Crippen LogP contribution in [0.15, 0.2) is 18.2 Å². The summed E-state index contributed by atoms with van der Waals surface area (Å²) in [5, 5.41) is 17.7. The molecule has 0 fully saturated rings. The summed E-state index contributed by atoms with van der Waals surface area (Å²) in [4.78, 5) is 0. The van der Waals surface area contributed by atoms with E-state index in [0.29, 0.717) is 12.7 Å². The molecule has 0 saturated heterocycles. The summed E-state index contributed by atoms with van der Waals surface area (Å²) in [5.74, 6) is -0.379. The van der Waals surface area contributed by atoms with Crippen LogP contribution in [0.4, 0.5) is 4.39 Å². The van der Waals surface area contributed by atoms with Crippen LogP contribution in [0.1, 0.15) is 20.8 Å². The van der Waals surface area contributed by atoms with Gasteiger partial charge in [-0.1, -0.05) is 38.2 Å². The van der Waals surface area contributed by atoms with Crippen molar-refractivity contribution >= 4 is 25.3 Å². The summed E-state index contributed by atoms with van der Waals surface area (Å²) < 4.78 is 13.5. The fraction of sp³-hybridized carbons (Fsp3) is 0.400. The van der Waals surface area contributed by atoms with Gasteiger partial charge in [-0.3, -0.25) is 0 Å². The molecule has 0 aliphatic rings. The number of hydrogen-bond acceptors (Lipinski definition) is 2. The van der Waals surface area contributed by atoms with Crippen molar-refractivity contribution in [3.63, 3.8) is 0 Å². The minimum absolute atomic E-state index is 0.0141. The maximum absolute atomic E-state index is 13.5. The van der Waals surface area contributed by atoms with Crippen molar-refractivity contribution in [2.45, 2.75) is 26.1 Å². The van der Waals surface area contributed by atoms with E-state index < -0.39 is 7.12 Å². The van der Waals surface area contributed by atoms with Gasteiger partial charge in [-0.15, -0.1) is 0 Å². The molecular weight excluding hydrogens is 193 g/mol. The lowest BCUT2D eigenvalue weighted by Crippen LogP contribution is -2.34. The Morgan fingerprint density at radius 3 is 2.27 bits per heavy atom. The monoisotopic (exact) mass is 208 g/mol. The van der Waals surface area contributed by atoms with Gasteiger partial charge < -0.3 is 10.0 Å². The van der Waals surface area contributed by atoms with Crippen LogP contribution in [0.25, 0.3) is 0 Å². The van der Waals surface area contributed by atoms with E-state index >= 15 is 0 Å². The van der Waals surface area contributed by atoms with Gasteiger partial charge in [-0.05, 0) is 17.0 Å². The maximum Gasteiger partial charge on any atom is 0.488 e. The van der Waals surface area contributed by atoms with Gasteiger partial charge in [0.2, 0.25) is 0 Å². The summed E-state index contributed by atoms with van der Waals surface area (Å²) in [5.41, 5.74) is 0.789. The second-order valence-corrected chi connectivity index (χ2v) is 4.96. The summed E-state index contributed by atoms with van der Waals surface area (Å²) in [7, 11) is -0.983. The van der Waals surface area contributed by atoms with Gasteiger partial charge in [0.25, 0.3) is 0 Å². The van der Waals surface area contributed by atoms with E-state index in [1.165, 1.54) is 12.1 Å². The molecule has 0 atom stereocenters. The second-order valence-electron chi connectivity index (χ2n) is 4.96. The lowest BCUT2D eigenvalue weighted by Gasteiger charge is -2.17. The van der Waals surface area contributed by atoms with Gasteiger partial charge in [0, 0.05) is 0 Å². The van der Waals surface area contributed by atoms with E-state index in [1.54, 1.807) is 6.07 Å². The van der Waals surface area contributed by atoms with Crippen LogP contribution in [-0.2, 0) is 0 Å². The highest BCUT2D eigenvalue weighted by atomic mass is 19.1. The molecule has 15 heavy (non-hydrogen) atoms. The molecule has 0 amide bonds. The van der Waals surface area contributed by atoms with Gasteiger partial charge in [-0.25, -0.2) is 4.39 Å². The Kier molecular flexibility index (Phi) is 3.58. The van der Waals surface area contributed by atoms with Crippen molar-refractivity contribution in [1.29, 1.82) is 0 Å². The van der Waals surface area contributed by atoms with Crippen LogP contribution < -0.4 is 10.9 Å². The summed E-state index contributed by atoms with van der Waals surface area (Å²) >= 11 is 0. The molecule has 80 valence electrons. The van der Waals surface area contributed by atoms with Crippen LogP contribution in [0.2, 0.25) is 5.31 Å². The number of benzene rings is 1. The molecule has 1 aromatic rings. The molecule has 0 aromatic heterocycles. The zero-order chi connectivity index (χ0) is 11.6. The molecule has 0 bridgehead atoms. The van der Waals surface area contributed by atoms with Crippen molar-refractivity contribution in [1.82, 2.24) is 0 Å². The predicted molar refractivity (Wildman–Crippen MR) is 62.7 cm³/mol. The Hall–Kier alpha value is -0.800. The number of hydrogen-bond donors (Lipinski definition) is 2. The van der Waals surface area contributed by atoms with Gasteiger partial charge in [-0.2, -0.15) is 0 Å². The fourth-order valence-corrected chi connectivity index (χ4v) is 1.44. The Labute approximate surface area is 90.5 Å². The van der Waals surface area contributed by atoms with Crippen molar-refractivity contribution in [2.75, 3.05) is 0 Å². The van der Waals surface area contributed by atoms with Crippen LogP contribution in [0, 0.1) is 5.82 Å². The smallest absolute Gasteiger partial charge is 0.423 e. The normalized spacial score (nSPS) is 11.3. The molecule has 0 saturated carbocycles. The van der Waals surface area contributed by atoms with Crippen molar-refractivity contribution in [2.24, 2.45) is 0 Å². The topological polar surface area (TPSA) is 40.5 Å². The van der Waals surface area contributed by atoms with E-state index in [1.807, 2.05) is 20.8 Å². The molecule has 0 unspecified atom stereocenters. The molecule has 1 aromatic carbocycles.